The molecule has 26 heavy (non-hydrogen) atoms. The van der Waals surface area contributed by atoms with Crippen molar-refractivity contribution >= 4 is 34.6 Å². The number of anilines is 2. The van der Waals surface area contributed by atoms with E-state index >= 15 is 0 Å². The van der Waals surface area contributed by atoms with Crippen LogP contribution in [0.1, 0.15) is 10.4 Å². The summed E-state index contributed by atoms with van der Waals surface area (Å²) in [5.74, 6) is 0.461. The maximum atomic E-state index is 12.7. The summed E-state index contributed by atoms with van der Waals surface area (Å²) in [7, 11) is 3.49. The first-order valence-electron chi connectivity index (χ1n) is 7.73. The van der Waals surface area contributed by atoms with Gasteiger partial charge in [0.15, 0.2) is 11.5 Å². The quantitative estimate of drug-likeness (QED) is 0.648. The summed E-state index contributed by atoms with van der Waals surface area (Å²) in [5.41, 5.74) is 0.864. The number of fused-ring (bicyclic) bond motifs is 1. The Balaban J connectivity index is 1.95. The van der Waals surface area contributed by atoms with E-state index in [1.807, 2.05) is 0 Å². The van der Waals surface area contributed by atoms with Crippen molar-refractivity contribution in [1.29, 1.82) is 0 Å². The molecular weight excluding hydrogens is 362 g/mol. The topological polar surface area (TPSA) is 93.9 Å². The van der Waals surface area contributed by atoms with Gasteiger partial charge in [-0.05, 0) is 6.07 Å². The van der Waals surface area contributed by atoms with E-state index in [1.165, 1.54) is 18.2 Å². The fourth-order valence-electron chi connectivity index (χ4n) is 2.56. The minimum absolute atomic E-state index is 0.162. The van der Waals surface area contributed by atoms with Gasteiger partial charge in [-0.3, -0.25) is 14.9 Å². The summed E-state index contributed by atoms with van der Waals surface area (Å²) >= 11 is 6.21. The molecular formula is C17H16ClN3O5. The molecule has 3 rings (SSSR count). The van der Waals surface area contributed by atoms with Crippen molar-refractivity contribution in [2.45, 2.75) is 0 Å². The second kappa shape index (κ2) is 7.09. The summed E-state index contributed by atoms with van der Waals surface area (Å²) < 4.78 is 10.9. The molecule has 1 N–H and O–H groups in total. The number of hydrogen-bond acceptors (Lipinski definition) is 6. The molecule has 0 bridgehead atoms. The first-order valence-corrected chi connectivity index (χ1v) is 8.11. The van der Waals surface area contributed by atoms with Gasteiger partial charge in [0.05, 0.1) is 21.2 Å². The predicted molar refractivity (Wildman–Crippen MR) is 97.8 cm³/mol. The van der Waals surface area contributed by atoms with Crippen molar-refractivity contribution in [2.24, 2.45) is 0 Å². The van der Waals surface area contributed by atoms with Crippen LogP contribution in [0.25, 0.3) is 0 Å². The van der Waals surface area contributed by atoms with E-state index in [-0.39, 0.29) is 16.3 Å². The third-order valence-corrected chi connectivity index (χ3v) is 4.11. The van der Waals surface area contributed by atoms with Gasteiger partial charge in [-0.25, -0.2) is 0 Å². The van der Waals surface area contributed by atoms with Crippen molar-refractivity contribution in [1.82, 2.24) is 0 Å². The molecule has 136 valence electrons. The smallest absolute Gasteiger partial charge is 0.270 e. The maximum Gasteiger partial charge on any atom is 0.270 e. The number of amides is 1. The highest BCUT2D eigenvalue weighted by Gasteiger charge is 2.21. The molecule has 0 saturated carbocycles. The SMILES string of the molecule is CN(C)c1ccc([N+](=O)[O-])cc1C(=O)Nc1cc2c(cc1Cl)OCCO2. The molecule has 1 aliphatic rings. The van der Waals surface area contributed by atoms with Gasteiger partial charge in [0.1, 0.15) is 13.2 Å². The highest BCUT2D eigenvalue weighted by Crippen LogP contribution is 2.38. The van der Waals surface area contributed by atoms with Gasteiger partial charge in [-0.1, -0.05) is 11.6 Å². The van der Waals surface area contributed by atoms with Crippen LogP contribution in [0.5, 0.6) is 11.5 Å². The Hall–Kier alpha value is -3.00. The normalized spacial score (nSPS) is 12.4. The summed E-state index contributed by atoms with van der Waals surface area (Å²) in [6.45, 7) is 0.826. The zero-order valence-corrected chi connectivity index (χ0v) is 14.9. The number of halogens is 1. The van der Waals surface area contributed by atoms with Gasteiger partial charge in [0, 0.05) is 44.0 Å². The average Bonchev–Trinajstić information content (AvgIpc) is 2.61. The second-order valence-electron chi connectivity index (χ2n) is 5.78. The summed E-state index contributed by atoms with van der Waals surface area (Å²) in [5, 5.41) is 14.0. The van der Waals surface area contributed by atoms with E-state index in [4.69, 9.17) is 21.1 Å². The van der Waals surface area contributed by atoms with Crippen molar-refractivity contribution in [3.63, 3.8) is 0 Å². The molecule has 0 atom stereocenters. The van der Waals surface area contributed by atoms with Gasteiger partial charge in [0.25, 0.3) is 11.6 Å². The van der Waals surface area contributed by atoms with Crippen molar-refractivity contribution < 1.29 is 19.2 Å². The molecule has 0 fully saturated rings. The zero-order chi connectivity index (χ0) is 18.8. The molecule has 1 amide bonds. The molecule has 2 aromatic rings. The largest absolute Gasteiger partial charge is 0.486 e. The van der Waals surface area contributed by atoms with Gasteiger partial charge >= 0.3 is 0 Å². The number of ether oxygens (including phenoxy) is 2. The van der Waals surface area contributed by atoms with E-state index in [2.05, 4.69) is 5.32 Å². The predicted octanol–water partition coefficient (Wildman–Crippen LogP) is 3.34. The van der Waals surface area contributed by atoms with E-state index < -0.39 is 10.8 Å². The number of carbonyl (C=O) groups excluding carboxylic acids is 1. The van der Waals surface area contributed by atoms with Crippen LogP contribution in [-0.4, -0.2) is 38.1 Å². The molecule has 0 spiro atoms. The van der Waals surface area contributed by atoms with E-state index in [0.717, 1.165) is 0 Å². The molecule has 9 heteroatoms. The number of hydrogen-bond donors (Lipinski definition) is 1. The van der Waals surface area contributed by atoms with Crippen LogP contribution >= 0.6 is 11.6 Å². The highest BCUT2D eigenvalue weighted by atomic mass is 35.5. The molecule has 1 aliphatic heterocycles. The van der Waals surface area contributed by atoms with Crippen molar-refractivity contribution in [2.75, 3.05) is 37.5 Å². The fourth-order valence-corrected chi connectivity index (χ4v) is 2.76. The van der Waals surface area contributed by atoms with Crippen molar-refractivity contribution in [3.8, 4) is 11.5 Å². The van der Waals surface area contributed by atoms with Gasteiger partial charge in [-0.15, -0.1) is 0 Å². The van der Waals surface area contributed by atoms with Gasteiger partial charge in [0.2, 0.25) is 0 Å². The first kappa shape index (κ1) is 17.8. The lowest BCUT2D eigenvalue weighted by molar-refractivity contribution is -0.384. The fraction of sp³-hybridized carbons (Fsp3) is 0.235. The first-order chi connectivity index (χ1) is 12.4. The number of nitro groups is 1. The number of benzene rings is 2. The molecule has 1 heterocycles. The Morgan fingerprint density at radius 2 is 1.85 bits per heavy atom. The Morgan fingerprint density at radius 1 is 1.19 bits per heavy atom. The Bertz CT molecular complexity index is 885. The standard InChI is InChI=1S/C17H16ClN3O5/c1-20(2)14-4-3-10(21(23)24)7-11(14)17(22)19-13-9-16-15(8-12(13)18)25-5-6-26-16/h3-4,7-9H,5-6H2,1-2H3,(H,19,22). The summed E-state index contributed by atoms with van der Waals surface area (Å²) in [4.78, 5) is 24.9. The highest BCUT2D eigenvalue weighted by molar-refractivity contribution is 6.34. The van der Waals surface area contributed by atoms with Crippen molar-refractivity contribution in [3.05, 3.63) is 51.0 Å². The zero-order valence-electron chi connectivity index (χ0n) is 14.1. The molecule has 0 radical (unpaired) electrons. The lowest BCUT2D eigenvalue weighted by Crippen LogP contribution is -2.19. The van der Waals surface area contributed by atoms with Gasteiger partial charge in [-0.2, -0.15) is 0 Å². The summed E-state index contributed by atoms with van der Waals surface area (Å²) in [6.07, 6.45) is 0. The van der Waals surface area contributed by atoms with Gasteiger partial charge < -0.3 is 19.7 Å². The number of non-ortho nitro benzene ring substituents is 1. The number of nitro benzene ring substituents is 1. The van der Waals surface area contributed by atoms with Crippen LogP contribution in [0, 0.1) is 10.1 Å². The lowest BCUT2D eigenvalue weighted by Gasteiger charge is -2.20. The lowest BCUT2D eigenvalue weighted by atomic mass is 10.1. The molecule has 0 aromatic heterocycles. The minimum Gasteiger partial charge on any atom is -0.486 e. The average molecular weight is 378 g/mol. The number of nitrogens with zero attached hydrogens (tertiary/aromatic N) is 2. The minimum atomic E-state index is -0.548. The molecule has 0 unspecified atom stereocenters. The van der Waals surface area contributed by atoms with E-state index in [0.29, 0.717) is 36.1 Å². The third kappa shape index (κ3) is 3.50. The van der Waals surface area contributed by atoms with Crippen LogP contribution < -0.4 is 19.7 Å². The van der Waals surface area contributed by atoms with E-state index in [1.54, 1.807) is 31.1 Å². The molecule has 2 aromatic carbocycles. The third-order valence-electron chi connectivity index (χ3n) is 3.80. The van der Waals surface area contributed by atoms with Crippen LogP contribution in [-0.2, 0) is 0 Å². The van der Waals surface area contributed by atoms with Crippen LogP contribution in [0.2, 0.25) is 5.02 Å². The number of rotatable bonds is 4. The van der Waals surface area contributed by atoms with Crippen LogP contribution in [0.15, 0.2) is 30.3 Å². The summed E-state index contributed by atoms with van der Waals surface area (Å²) in [6, 6.07) is 7.24. The van der Waals surface area contributed by atoms with Crippen LogP contribution in [0.4, 0.5) is 17.1 Å². The Kier molecular flexibility index (Phi) is 4.85. The second-order valence-corrected chi connectivity index (χ2v) is 6.19. The molecule has 8 nitrogen and oxygen atoms in total. The monoisotopic (exact) mass is 377 g/mol. The Labute approximate surface area is 154 Å². The van der Waals surface area contributed by atoms with Crippen LogP contribution in [0.3, 0.4) is 0 Å². The molecule has 0 saturated heterocycles. The molecule has 0 aliphatic carbocycles. The Morgan fingerprint density at radius 3 is 2.46 bits per heavy atom. The number of carbonyl (C=O) groups is 1. The van der Waals surface area contributed by atoms with E-state index in [9.17, 15) is 14.9 Å². The maximum absolute atomic E-state index is 12.7. The number of nitrogens with one attached hydrogen (secondary N) is 1.